The zero-order valence-corrected chi connectivity index (χ0v) is 17.9. The number of piperidine rings is 2. The molecule has 1 aromatic heterocycles. The first-order valence-electron chi connectivity index (χ1n) is 11.3. The SMILES string of the molecule is CCn1c(=O)n(CCC(=O)N2CCC(C(=O)N3CCCCC3)CC2)c2ccccc21. The van der Waals surface area contributed by atoms with E-state index in [1.54, 1.807) is 9.13 Å². The fourth-order valence-corrected chi connectivity index (χ4v) is 4.91. The van der Waals surface area contributed by atoms with Crippen molar-refractivity contribution < 1.29 is 9.59 Å². The molecule has 0 saturated carbocycles. The fraction of sp³-hybridized carbons (Fsp3) is 0.609. The molecule has 3 heterocycles. The molecule has 2 amide bonds. The smallest absolute Gasteiger partial charge is 0.329 e. The van der Waals surface area contributed by atoms with Gasteiger partial charge < -0.3 is 9.80 Å². The van der Waals surface area contributed by atoms with Gasteiger partial charge in [-0.15, -0.1) is 0 Å². The van der Waals surface area contributed by atoms with Crippen LogP contribution in [0, 0.1) is 5.92 Å². The molecular formula is C23H32N4O3. The van der Waals surface area contributed by atoms with Gasteiger partial charge in [0.1, 0.15) is 0 Å². The van der Waals surface area contributed by atoms with Gasteiger partial charge in [0, 0.05) is 51.6 Å². The Balaban J connectivity index is 1.34. The Labute approximate surface area is 177 Å². The monoisotopic (exact) mass is 412 g/mol. The van der Waals surface area contributed by atoms with Crippen molar-refractivity contribution in [1.29, 1.82) is 0 Å². The molecule has 0 bridgehead atoms. The van der Waals surface area contributed by atoms with Crippen LogP contribution in [0.2, 0.25) is 0 Å². The molecule has 0 atom stereocenters. The highest BCUT2D eigenvalue weighted by Gasteiger charge is 2.30. The lowest BCUT2D eigenvalue weighted by Crippen LogP contribution is -2.45. The molecule has 4 rings (SSSR count). The van der Waals surface area contributed by atoms with Crippen molar-refractivity contribution in [2.75, 3.05) is 26.2 Å². The molecule has 0 radical (unpaired) electrons. The predicted molar refractivity (Wildman–Crippen MR) is 116 cm³/mol. The Bertz CT molecular complexity index is 962. The largest absolute Gasteiger partial charge is 0.343 e. The third-order valence-corrected chi connectivity index (χ3v) is 6.66. The molecule has 162 valence electrons. The molecule has 2 saturated heterocycles. The van der Waals surface area contributed by atoms with Crippen LogP contribution in [0.1, 0.15) is 45.4 Å². The zero-order valence-electron chi connectivity index (χ0n) is 17.9. The van der Waals surface area contributed by atoms with Crippen LogP contribution in [0.15, 0.2) is 29.1 Å². The van der Waals surface area contributed by atoms with Crippen molar-refractivity contribution in [3.63, 3.8) is 0 Å². The third kappa shape index (κ3) is 4.02. The van der Waals surface area contributed by atoms with E-state index >= 15 is 0 Å². The van der Waals surface area contributed by atoms with Crippen molar-refractivity contribution in [3.8, 4) is 0 Å². The van der Waals surface area contributed by atoms with Gasteiger partial charge in [-0.2, -0.15) is 0 Å². The molecule has 7 heteroatoms. The van der Waals surface area contributed by atoms with Crippen LogP contribution in [0.4, 0.5) is 0 Å². The first-order chi connectivity index (χ1) is 14.6. The quantitative estimate of drug-likeness (QED) is 0.758. The van der Waals surface area contributed by atoms with E-state index in [0.29, 0.717) is 32.6 Å². The number of imidazole rings is 1. The Kier molecular flexibility index (Phi) is 6.25. The average molecular weight is 413 g/mol. The number of nitrogens with zero attached hydrogens (tertiary/aromatic N) is 4. The molecule has 0 spiro atoms. The van der Waals surface area contributed by atoms with Gasteiger partial charge in [0.25, 0.3) is 0 Å². The molecule has 2 aromatic rings. The summed E-state index contributed by atoms with van der Waals surface area (Å²) < 4.78 is 3.46. The number of benzene rings is 1. The molecule has 2 aliphatic heterocycles. The summed E-state index contributed by atoms with van der Waals surface area (Å²) in [6.45, 7) is 5.99. The highest BCUT2D eigenvalue weighted by molar-refractivity contribution is 5.80. The number of rotatable bonds is 5. The van der Waals surface area contributed by atoms with Gasteiger partial charge >= 0.3 is 5.69 Å². The number of fused-ring (bicyclic) bond motifs is 1. The molecule has 30 heavy (non-hydrogen) atoms. The molecular weight excluding hydrogens is 380 g/mol. The third-order valence-electron chi connectivity index (χ3n) is 6.66. The van der Waals surface area contributed by atoms with Crippen LogP contribution in [-0.2, 0) is 22.7 Å². The lowest BCUT2D eigenvalue weighted by molar-refractivity contribution is -0.141. The Morgan fingerprint density at radius 2 is 1.53 bits per heavy atom. The van der Waals surface area contributed by atoms with Gasteiger partial charge in [-0.3, -0.25) is 18.7 Å². The number of aromatic nitrogens is 2. The Hall–Kier alpha value is -2.57. The number of aryl methyl sites for hydroxylation is 2. The van der Waals surface area contributed by atoms with E-state index < -0.39 is 0 Å². The first kappa shape index (κ1) is 20.7. The van der Waals surface area contributed by atoms with Crippen LogP contribution < -0.4 is 5.69 Å². The van der Waals surface area contributed by atoms with E-state index in [0.717, 1.165) is 49.8 Å². The predicted octanol–water partition coefficient (Wildman–Crippen LogP) is 2.46. The molecule has 0 aliphatic carbocycles. The maximum absolute atomic E-state index is 12.8. The summed E-state index contributed by atoms with van der Waals surface area (Å²) in [5, 5.41) is 0. The van der Waals surface area contributed by atoms with Crippen molar-refractivity contribution in [2.45, 2.75) is 58.5 Å². The van der Waals surface area contributed by atoms with Crippen LogP contribution in [0.5, 0.6) is 0 Å². The molecule has 1 aromatic carbocycles. The Morgan fingerprint density at radius 1 is 0.900 bits per heavy atom. The van der Waals surface area contributed by atoms with Crippen LogP contribution in [-0.4, -0.2) is 56.9 Å². The van der Waals surface area contributed by atoms with Gasteiger partial charge in [0.05, 0.1) is 11.0 Å². The van der Waals surface area contributed by atoms with Gasteiger partial charge in [-0.05, 0) is 51.2 Å². The van der Waals surface area contributed by atoms with Crippen LogP contribution in [0.3, 0.4) is 0 Å². The number of hydrogen-bond acceptors (Lipinski definition) is 3. The minimum absolute atomic E-state index is 0.0531. The average Bonchev–Trinajstić information content (AvgIpc) is 3.08. The Morgan fingerprint density at radius 3 is 2.17 bits per heavy atom. The molecule has 2 fully saturated rings. The minimum atomic E-state index is -0.0580. The van der Waals surface area contributed by atoms with Crippen LogP contribution >= 0.6 is 0 Å². The van der Waals surface area contributed by atoms with E-state index in [4.69, 9.17) is 0 Å². The number of para-hydroxylation sites is 2. The van der Waals surface area contributed by atoms with Crippen LogP contribution in [0.25, 0.3) is 11.0 Å². The van der Waals surface area contributed by atoms with E-state index in [9.17, 15) is 14.4 Å². The van der Waals surface area contributed by atoms with Crippen molar-refractivity contribution in [1.82, 2.24) is 18.9 Å². The number of amides is 2. The van der Waals surface area contributed by atoms with E-state index in [1.807, 2.05) is 41.0 Å². The lowest BCUT2D eigenvalue weighted by Gasteiger charge is -2.35. The molecule has 0 unspecified atom stereocenters. The summed E-state index contributed by atoms with van der Waals surface area (Å²) in [6.07, 6.45) is 5.24. The topological polar surface area (TPSA) is 67.5 Å². The minimum Gasteiger partial charge on any atom is -0.343 e. The summed E-state index contributed by atoms with van der Waals surface area (Å²) in [7, 11) is 0. The molecule has 2 aliphatic rings. The van der Waals surface area contributed by atoms with Gasteiger partial charge in [0.2, 0.25) is 11.8 Å². The number of carbonyl (C=O) groups is 2. The molecule has 7 nitrogen and oxygen atoms in total. The van der Waals surface area contributed by atoms with E-state index in [-0.39, 0.29) is 23.4 Å². The van der Waals surface area contributed by atoms with Crippen molar-refractivity contribution in [3.05, 3.63) is 34.7 Å². The van der Waals surface area contributed by atoms with Gasteiger partial charge in [-0.25, -0.2) is 4.79 Å². The second-order valence-electron chi connectivity index (χ2n) is 8.46. The highest BCUT2D eigenvalue weighted by atomic mass is 16.2. The summed E-state index contributed by atoms with van der Waals surface area (Å²) in [5.41, 5.74) is 1.73. The summed E-state index contributed by atoms with van der Waals surface area (Å²) in [6, 6.07) is 7.73. The van der Waals surface area contributed by atoms with Crippen molar-refractivity contribution in [2.24, 2.45) is 5.92 Å². The maximum Gasteiger partial charge on any atom is 0.329 e. The lowest BCUT2D eigenvalue weighted by atomic mass is 9.94. The van der Waals surface area contributed by atoms with Crippen molar-refractivity contribution >= 4 is 22.8 Å². The summed E-state index contributed by atoms with van der Waals surface area (Å²) in [5.74, 6) is 0.400. The van der Waals surface area contributed by atoms with E-state index in [2.05, 4.69) is 0 Å². The fourth-order valence-electron chi connectivity index (χ4n) is 4.91. The number of likely N-dealkylation sites (tertiary alicyclic amines) is 2. The maximum atomic E-state index is 12.8. The molecule has 0 N–H and O–H groups in total. The normalized spacial score (nSPS) is 18.2. The number of hydrogen-bond donors (Lipinski definition) is 0. The summed E-state index contributed by atoms with van der Waals surface area (Å²) in [4.78, 5) is 42.1. The highest BCUT2D eigenvalue weighted by Crippen LogP contribution is 2.22. The second-order valence-corrected chi connectivity index (χ2v) is 8.46. The number of carbonyl (C=O) groups excluding carboxylic acids is 2. The van der Waals surface area contributed by atoms with E-state index in [1.165, 1.54) is 6.42 Å². The van der Waals surface area contributed by atoms with Gasteiger partial charge in [0.15, 0.2) is 0 Å². The first-order valence-corrected chi connectivity index (χ1v) is 11.3. The van der Waals surface area contributed by atoms with Gasteiger partial charge in [-0.1, -0.05) is 12.1 Å². The summed E-state index contributed by atoms with van der Waals surface area (Å²) >= 11 is 0. The second kappa shape index (κ2) is 9.06. The zero-order chi connectivity index (χ0) is 21.1. The standard InChI is InChI=1S/C23H32N4O3/c1-2-26-19-8-4-5-9-20(19)27(23(26)30)17-12-21(28)24-15-10-18(11-16-24)22(29)25-13-6-3-7-14-25/h4-5,8-9,18H,2-3,6-7,10-17H2,1H3.